The first-order valence-electron chi connectivity index (χ1n) is 12.6. The quantitative estimate of drug-likeness (QED) is 0.246. The van der Waals surface area contributed by atoms with Crippen molar-refractivity contribution in [3.05, 3.63) is 70.2 Å². The first kappa shape index (κ1) is 32.3. The highest BCUT2D eigenvalue weighted by molar-refractivity contribution is 9.10. The molecule has 0 fully saturated rings. The molecule has 5 N–H and O–H groups in total. The van der Waals surface area contributed by atoms with Gasteiger partial charge in [-0.1, -0.05) is 46.3 Å². The fourth-order valence-electron chi connectivity index (χ4n) is 3.47. The van der Waals surface area contributed by atoms with E-state index in [4.69, 9.17) is 4.74 Å². The number of hydrogen-bond donors (Lipinski definition) is 5. The van der Waals surface area contributed by atoms with Crippen LogP contribution >= 0.6 is 15.9 Å². The van der Waals surface area contributed by atoms with Crippen LogP contribution in [0.25, 0.3) is 0 Å². The average Bonchev–Trinajstić information content (AvgIpc) is 2.91. The van der Waals surface area contributed by atoms with Crippen molar-refractivity contribution in [3.63, 3.8) is 0 Å². The van der Waals surface area contributed by atoms with Crippen molar-refractivity contribution < 1.29 is 28.7 Å². The Morgan fingerprint density at radius 1 is 0.850 bits per heavy atom. The van der Waals surface area contributed by atoms with Crippen LogP contribution in [-0.4, -0.2) is 60.4 Å². The Hall–Kier alpha value is -3.93. The average molecular weight is 619 g/mol. The molecule has 5 amide bonds. The summed E-state index contributed by atoms with van der Waals surface area (Å²) in [6, 6.07) is 14.6. The minimum absolute atomic E-state index is 0.00989. The van der Waals surface area contributed by atoms with Gasteiger partial charge in [0, 0.05) is 23.6 Å². The number of alkyl carbamates (subject to hydrolysis) is 1. The number of halogens is 1. The van der Waals surface area contributed by atoms with E-state index in [9.17, 15) is 24.0 Å². The Morgan fingerprint density at radius 2 is 1.45 bits per heavy atom. The molecule has 0 aliphatic carbocycles. The van der Waals surface area contributed by atoms with Gasteiger partial charge in [-0.25, -0.2) is 4.79 Å². The summed E-state index contributed by atoms with van der Waals surface area (Å²) in [5.41, 5.74) is -1.49. The lowest BCUT2D eigenvalue weighted by atomic mass is 9.98. The van der Waals surface area contributed by atoms with Crippen molar-refractivity contribution in [1.29, 1.82) is 0 Å². The Kier molecular flexibility index (Phi) is 11.7. The Morgan fingerprint density at radius 3 is 2.05 bits per heavy atom. The normalized spacial score (nSPS) is 11.9. The van der Waals surface area contributed by atoms with Crippen LogP contribution in [0, 0.1) is 0 Å². The molecule has 12 heteroatoms. The molecule has 40 heavy (non-hydrogen) atoms. The molecule has 0 saturated heterocycles. The van der Waals surface area contributed by atoms with Gasteiger partial charge < -0.3 is 31.3 Å². The molecule has 11 nitrogen and oxygen atoms in total. The maximum absolute atomic E-state index is 13.3. The fourth-order valence-corrected chi connectivity index (χ4v) is 3.73. The summed E-state index contributed by atoms with van der Waals surface area (Å²) in [7, 11) is 1.45. The minimum Gasteiger partial charge on any atom is -0.445 e. The predicted octanol–water partition coefficient (Wildman–Crippen LogP) is 2.40. The summed E-state index contributed by atoms with van der Waals surface area (Å²) >= 11 is 3.32. The highest BCUT2D eigenvalue weighted by Gasteiger charge is 2.37. The largest absolute Gasteiger partial charge is 0.445 e. The lowest BCUT2D eigenvalue weighted by Gasteiger charge is -2.32. The molecule has 2 rings (SSSR count). The van der Waals surface area contributed by atoms with Gasteiger partial charge in [-0.05, 0) is 63.9 Å². The number of rotatable bonds is 12. The lowest BCUT2D eigenvalue weighted by Crippen LogP contribution is -2.64. The van der Waals surface area contributed by atoms with Crippen LogP contribution in [-0.2, 0) is 25.7 Å². The molecular weight excluding hydrogens is 582 g/mol. The Labute approximate surface area is 242 Å². The van der Waals surface area contributed by atoms with Crippen LogP contribution < -0.4 is 26.6 Å². The van der Waals surface area contributed by atoms with E-state index in [1.54, 1.807) is 48.5 Å². The Bertz CT molecular complexity index is 1200. The van der Waals surface area contributed by atoms with Crippen LogP contribution in [0.15, 0.2) is 59.1 Å². The number of ether oxygens (including phenoxy) is 1. The molecule has 2 aromatic carbocycles. The van der Waals surface area contributed by atoms with Crippen molar-refractivity contribution in [2.24, 2.45) is 0 Å². The number of nitrogens with one attached hydrogen (secondary N) is 5. The van der Waals surface area contributed by atoms with E-state index in [0.717, 1.165) is 10.0 Å². The molecule has 0 unspecified atom stereocenters. The van der Waals surface area contributed by atoms with Gasteiger partial charge in [-0.3, -0.25) is 19.2 Å². The third-order valence-corrected chi connectivity index (χ3v) is 6.40. The van der Waals surface area contributed by atoms with Crippen LogP contribution in [0.2, 0.25) is 0 Å². The zero-order valence-electron chi connectivity index (χ0n) is 23.2. The smallest absolute Gasteiger partial charge is 0.408 e. The summed E-state index contributed by atoms with van der Waals surface area (Å²) in [6.45, 7) is 6.04. The molecule has 1 atom stereocenters. The van der Waals surface area contributed by atoms with Gasteiger partial charge in [0.05, 0.1) is 0 Å². The molecule has 0 aromatic heterocycles. The third-order valence-electron chi connectivity index (χ3n) is 5.87. The number of likely N-dealkylation sites (N-methyl/N-ethyl adjacent to an activating group) is 1. The Balaban J connectivity index is 2.08. The molecule has 2 aromatic rings. The van der Waals surface area contributed by atoms with E-state index in [1.807, 2.05) is 6.07 Å². The predicted molar refractivity (Wildman–Crippen MR) is 153 cm³/mol. The first-order chi connectivity index (χ1) is 18.7. The zero-order chi connectivity index (χ0) is 29.9. The highest BCUT2D eigenvalue weighted by atomic mass is 79.9. The topological polar surface area (TPSA) is 155 Å². The maximum Gasteiger partial charge on any atom is 0.408 e. The van der Waals surface area contributed by atoms with Gasteiger partial charge in [0.15, 0.2) is 0 Å². The molecule has 0 bridgehead atoms. The second kappa shape index (κ2) is 14.5. The monoisotopic (exact) mass is 617 g/mol. The number of amides is 5. The van der Waals surface area contributed by atoms with Crippen molar-refractivity contribution in [2.75, 3.05) is 13.6 Å². The molecule has 216 valence electrons. The summed E-state index contributed by atoms with van der Waals surface area (Å²) in [6.07, 6.45) is -0.832. The van der Waals surface area contributed by atoms with Crippen molar-refractivity contribution in [3.8, 4) is 0 Å². The molecule has 0 aliphatic heterocycles. The van der Waals surface area contributed by atoms with Gasteiger partial charge in [-0.15, -0.1) is 0 Å². The van der Waals surface area contributed by atoms with E-state index >= 15 is 0 Å². The van der Waals surface area contributed by atoms with Crippen LogP contribution in [0.4, 0.5) is 4.79 Å². The minimum atomic E-state index is -1.45. The van der Waals surface area contributed by atoms with Gasteiger partial charge in [0.1, 0.15) is 23.7 Å². The van der Waals surface area contributed by atoms with E-state index in [2.05, 4.69) is 42.5 Å². The zero-order valence-corrected chi connectivity index (χ0v) is 24.8. The number of carbonyl (C=O) groups excluding carboxylic acids is 5. The van der Waals surface area contributed by atoms with Crippen molar-refractivity contribution in [1.82, 2.24) is 26.6 Å². The standard InChI is InChI=1S/C28H36BrN5O6/c1-27(2,24(37)30-5)34-25(38)28(3,4)33-23(36)21(32-26(39)40-17-18-9-7-6-8-10-18)15-16-31-22(35)19-11-13-20(29)14-12-19/h6-14,21H,15-17H2,1-5H3,(H,30,37)(H,31,35)(H,32,39)(H,33,36)(H,34,38)/t21-/m0/s1. The SMILES string of the molecule is CNC(=O)C(C)(C)NC(=O)C(C)(C)NC(=O)[C@H](CCNC(=O)c1ccc(Br)cc1)NC(=O)OCc1ccccc1. The molecule has 0 radical (unpaired) electrons. The van der Waals surface area contributed by atoms with Crippen LogP contribution in [0.1, 0.15) is 50.0 Å². The summed E-state index contributed by atoms with van der Waals surface area (Å²) < 4.78 is 6.08. The maximum atomic E-state index is 13.3. The van der Waals surface area contributed by atoms with Crippen LogP contribution in [0.3, 0.4) is 0 Å². The van der Waals surface area contributed by atoms with Crippen molar-refractivity contribution >= 4 is 45.7 Å². The summed E-state index contributed by atoms with van der Waals surface area (Å²) in [5.74, 6) is -2.05. The highest BCUT2D eigenvalue weighted by Crippen LogP contribution is 2.12. The molecule has 0 spiro atoms. The number of hydrogen-bond acceptors (Lipinski definition) is 6. The second-order valence-corrected chi connectivity index (χ2v) is 11.0. The van der Waals surface area contributed by atoms with E-state index < -0.39 is 40.9 Å². The van der Waals surface area contributed by atoms with E-state index in [1.165, 1.54) is 34.7 Å². The lowest BCUT2D eigenvalue weighted by molar-refractivity contribution is -0.137. The first-order valence-corrected chi connectivity index (χ1v) is 13.4. The van der Waals surface area contributed by atoms with Gasteiger partial charge in [0.2, 0.25) is 17.7 Å². The molecule has 0 heterocycles. The van der Waals surface area contributed by atoms with Gasteiger partial charge >= 0.3 is 6.09 Å². The summed E-state index contributed by atoms with van der Waals surface area (Å²) in [5, 5.41) is 12.9. The molecule has 0 saturated carbocycles. The van der Waals surface area contributed by atoms with Crippen molar-refractivity contribution in [2.45, 2.75) is 57.8 Å². The van der Waals surface area contributed by atoms with E-state index in [0.29, 0.717) is 5.56 Å². The third kappa shape index (κ3) is 9.99. The van der Waals surface area contributed by atoms with Crippen LogP contribution in [0.5, 0.6) is 0 Å². The number of carbonyl (C=O) groups is 5. The molecular formula is C28H36BrN5O6. The van der Waals surface area contributed by atoms with Gasteiger partial charge in [-0.2, -0.15) is 0 Å². The fraction of sp³-hybridized carbons (Fsp3) is 0.393. The second-order valence-electron chi connectivity index (χ2n) is 10.1. The van der Waals surface area contributed by atoms with E-state index in [-0.39, 0.29) is 25.5 Å². The summed E-state index contributed by atoms with van der Waals surface area (Å²) in [4.78, 5) is 63.3. The molecule has 0 aliphatic rings. The van der Waals surface area contributed by atoms with Gasteiger partial charge in [0.25, 0.3) is 5.91 Å². The number of benzene rings is 2.